The molecule has 7 heteroatoms. The van der Waals surface area contributed by atoms with E-state index in [9.17, 15) is 5.26 Å². The fourth-order valence-electron chi connectivity index (χ4n) is 12.6. The van der Waals surface area contributed by atoms with Crippen molar-refractivity contribution in [2.75, 3.05) is 4.90 Å². The molecule has 6 nitrogen and oxygen atoms in total. The normalized spacial score (nSPS) is 39.1. The molecule has 3 aliphatic heterocycles. The average molecular weight is 731 g/mol. The molecule has 3 heterocycles. The van der Waals surface area contributed by atoms with Crippen molar-refractivity contribution < 1.29 is 0 Å². The van der Waals surface area contributed by atoms with Gasteiger partial charge in [-0.1, -0.05) is 81.7 Å². The maximum Gasteiger partial charge on any atom is 0.0711 e. The second kappa shape index (κ2) is 15.2. The quantitative estimate of drug-likeness (QED) is 0.261. The summed E-state index contributed by atoms with van der Waals surface area (Å²) in [4.78, 5) is 7.04. The summed E-state index contributed by atoms with van der Waals surface area (Å²) in [6.45, 7) is 0. The molecule has 4 fully saturated rings. The number of anilines is 1. The lowest BCUT2D eigenvalue weighted by Crippen LogP contribution is -2.73. The Balaban J connectivity index is 1.10. The zero-order valence-electron chi connectivity index (χ0n) is 31.8. The predicted molar refractivity (Wildman–Crippen MR) is 217 cm³/mol. The van der Waals surface area contributed by atoms with Gasteiger partial charge in [0, 0.05) is 39.4 Å². The van der Waals surface area contributed by atoms with Crippen LogP contribution < -0.4 is 20.9 Å². The second-order valence-electron chi connectivity index (χ2n) is 18.1. The fraction of sp³-hybridized carbons (Fsp3) is 0.674. The van der Waals surface area contributed by atoms with Gasteiger partial charge in [-0.2, -0.15) is 5.26 Å². The molecule has 3 saturated carbocycles. The summed E-state index contributed by atoms with van der Waals surface area (Å²) >= 11 is 2.10. The molecule has 1 aromatic carbocycles. The molecule has 0 aromatic heterocycles. The highest BCUT2D eigenvalue weighted by molar-refractivity contribution is 8.00. The van der Waals surface area contributed by atoms with Crippen molar-refractivity contribution in [1.29, 1.82) is 5.26 Å². The number of hydrogen-bond donors (Lipinski definition) is 3. The van der Waals surface area contributed by atoms with Crippen LogP contribution >= 0.6 is 11.8 Å². The fourth-order valence-corrected chi connectivity index (χ4v) is 14.0. The molecular formula is C46H62N6S. The van der Waals surface area contributed by atoms with E-state index in [1.54, 1.807) is 5.57 Å². The van der Waals surface area contributed by atoms with Crippen LogP contribution in [0, 0.1) is 40.9 Å². The van der Waals surface area contributed by atoms with Crippen molar-refractivity contribution in [1.82, 2.24) is 20.9 Å². The molecule has 0 radical (unpaired) electrons. The Morgan fingerprint density at radius 3 is 2.21 bits per heavy atom. The van der Waals surface area contributed by atoms with E-state index in [1.807, 2.05) is 0 Å². The SMILES string of the molecule is N#CC1CC(C2NC(C3CCCCC3)NC(C3CCCCC3)N2)C(N2c3ccccc3SC3CCC=CC32)=CC1N1C2=C(CCC=C2)C2CCCCC21. The minimum Gasteiger partial charge on any atom is -0.360 e. The summed E-state index contributed by atoms with van der Waals surface area (Å²) in [6, 6.07) is 13.2. The van der Waals surface area contributed by atoms with Gasteiger partial charge in [0.15, 0.2) is 0 Å². The summed E-state index contributed by atoms with van der Waals surface area (Å²) in [6.07, 6.45) is 37.6. The average Bonchev–Trinajstić information content (AvgIpc) is 3.57. The van der Waals surface area contributed by atoms with Crippen molar-refractivity contribution in [3.05, 3.63) is 71.6 Å². The van der Waals surface area contributed by atoms with Gasteiger partial charge in [0.25, 0.3) is 0 Å². The molecular weight excluding hydrogens is 669 g/mol. The van der Waals surface area contributed by atoms with Gasteiger partial charge in [0.1, 0.15) is 0 Å². The van der Waals surface area contributed by atoms with Gasteiger partial charge in [-0.25, -0.2) is 0 Å². The van der Waals surface area contributed by atoms with E-state index in [0.717, 1.165) is 12.8 Å². The number of nitriles is 1. The Bertz CT molecular complexity index is 1640. The maximum atomic E-state index is 11.3. The van der Waals surface area contributed by atoms with Crippen molar-refractivity contribution in [2.45, 2.75) is 169 Å². The molecule has 1 aromatic rings. The van der Waals surface area contributed by atoms with Crippen LogP contribution in [0.15, 0.2) is 76.5 Å². The third-order valence-electron chi connectivity index (χ3n) is 15.2. The Morgan fingerprint density at radius 2 is 1.43 bits per heavy atom. The van der Waals surface area contributed by atoms with Crippen LogP contribution in [0.4, 0.5) is 5.69 Å². The lowest BCUT2D eigenvalue weighted by Gasteiger charge is -2.53. The van der Waals surface area contributed by atoms with Crippen molar-refractivity contribution in [3.63, 3.8) is 0 Å². The van der Waals surface area contributed by atoms with Gasteiger partial charge in [-0.3, -0.25) is 16.0 Å². The van der Waals surface area contributed by atoms with E-state index in [4.69, 9.17) is 0 Å². The number of nitrogens with one attached hydrogen (secondary N) is 3. The van der Waals surface area contributed by atoms with Gasteiger partial charge in [-0.05, 0) is 112 Å². The molecule has 9 unspecified atom stereocenters. The monoisotopic (exact) mass is 730 g/mol. The first-order chi connectivity index (χ1) is 26.2. The summed E-state index contributed by atoms with van der Waals surface area (Å²) in [5.41, 5.74) is 6.01. The number of rotatable bonds is 5. The molecule has 10 rings (SSSR count). The van der Waals surface area contributed by atoms with Gasteiger partial charge >= 0.3 is 0 Å². The third-order valence-corrected chi connectivity index (χ3v) is 16.6. The van der Waals surface area contributed by atoms with Crippen molar-refractivity contribution >= 4 is 17.4 Å². The minimum absolute atomic E-state index is 0.0552. The second-order valence-corrected chi connectivity index (χ2v) is 19.4. The van der Waals surface area contributed by atoms with Crippen LogP contribution in [0.3, 0.4) is 0 Å². The molecule has 9 atom stereocenters. The summed E-state index contributed by atoms with van der Waals surface area (Å²) in [7, 11) is 0. The first kappa shape index (κ1) is 35.0. The topological polar surface area (TPSA) is 66.4 Å². The van der Waals surface area contributed by atoms with E-state index in [0.29, 0.717) is 47.4 Å². The zero-order valence-corrected chi connectivity index (χ0v) is 32.6. The molecule has 282 valence electrons. The summed E-state index contributed by atoms with van der Waals surface area (Å²) in [5, 5.41) is 24.6. The standard InChI is InChI=1S/C46H62N6S/c47-29-32-27-35(46-49-44(30-15-3-1-4-16-30)48-45(50-46)31-17-5-2-6-18-31)41(52-38-23-11-13-25-42(38)53-43-26-14-12-24-39(43)52)28-40(32)51-36-21-9-7-19-33(36)34-20-8-10-22-37(34)51/h9,11-13,21,23-25,28,30-32,34-35,37,39-40,43-46,48-50H,1-8,10,14-20,22,26-27H2. The number of allylic oxidation sites excluding steroid dienone is 3. The predicted octanol–water partition coefficient (Wildman–Crippen LogP) is 9.50. The van der Waals surface area contributed by atoms with E-state index in [2.05, 4.69) is 98.2 Å². The van der Waals surface area contributed by atoms with E-state index >= 15 is 0 Å². The zero-order chi connectivity index (χ0) is 35.3. The highest BCUT2D eigenvalue weighted by Crippen LogP contribution is 2.53. The van der Waals surface area contributed by atoms with E-state index in [-0.39, 0.29) is 24.0 Å². The van der Waals surface area contributed by atoms with Crippen LogP contribution in [0.1, 0.15) is 122 Å². The number of hydrogen-bond acceptors (Lipinski definition) is 7. The first-order valence-corrected chi connectivity index (χ1v) is 22.9. The molecule has 6 aliphatic carbocycles. The molecule has 9 aliphatic rings. The Labute approximate surface area is 323 Å². The molecule has 0 bridgehead atoms. The van der Waals surface area contributed by atoms with E-state index in [1.165, 1.54) is 131 Å². The smallest absolute Gasteiger partial charge is 0.0711 e. The van der Waals surface area contributed by atoms with Gasteiger partial charge in [0.05, 0.1) is 48.3 Å². The molecule has 0 amide bonds. The summed E-state index contributed by atoms with van der Waals surface area (Å²) in [5.74, 6) is 2.14. The number of fused-ring (bicyclic) bond motifs is 4. The van der Waals surface area contributed by atoms with Gasteiger partial charge < -0.3 is 9.80 Å². The Hall–Kier alpha value is -2.50. The van der Waals surface area contributed by atoms with Crippen LogP contribution in [-0.2, 0) is 0 Å². The number of thioether (sulfide) groups is 1. The maximum absolute atomic E-state index is 11.3. The van der Waals surface area contributed by atoms with Crippen LogP contribution in [0.25, 0.3) is 0 Å². The molecule has 0 spiro atoms. The number of para-hydroxylation sites is 1. The van der Waals surface area contributed by atoms with Gasteiger partial charge in [0.2, 0.25) is 0 Å². The van der Waals surface area contributed by atoms with Crippen molar-refractivity contribution in [2.24, 2.45) is 29.6 Å². The highest BCUT2D eigenvalue weighted by Gasteiger charge is 2.51. The molecule has 53 heavy (non-hydrogen) atoms. The van der Waals surface area contributed by atoms with Gasteiger partial charge in [-0.15, -0.1) is 11.8 Å². The van der Waals surface area contributed by atoms with Crippen LogP contribution in [0.5, 0.6) is 0 Å². The lowest BCUT2D eigenvalue weighted by molar-refractivity contribution is 0.0627. The highest BCUT2D eigenvalue weighted by atomic mass is 32.2. The summed E-state index contributed by atoms with van der Waals surface area (Å²) < 4.78 is 0. The molecule has 3 N–H and O–H groups in total. The third kappa shape index (κ3) is 6.46. The minimum atomic E-state index is -0.0552. The van der Waals surface area contributed by atoms with E-state index < -0.39 is 0 Å². The lowest BCUT2D eigenvalue weighted by atomic mass is 9.75. The Morgan fingerprint density at radius 1 is 0.717 bits per heavy atom. The van der Waals surface area contributed by atoms with Crippen molar-refractivity contribution in [3.8, 4) is 6.07 Å². The first-order valence-electron chi connectivity index (χ1n) is 22.0. The Kier molecular flexibility index (Phi) is 10.0. The molecule has 1 saturated heterocycles. The number of benzene rings is 1. The van der Waals surface area contributed by atoms with Crippen LogP contribution in [0.2, 0.25) is 0 Å². The largest absolute Gasteiger partial charge is 0.360 e. The van der Waals surface area contributed by atoms with Crippen LogP contribution in [-0.4, -0.2) is 46.8 Å². The number of nitrogens with zero attached hydrogens (tertiary/aromatic N) is 3.